The molecule has 4 heteroatoms. The third-order valence-electron chi connectivity index (χ3n) is 2.49. The van der Waals surface area contributed by atoms with Crippen LogP contribution in [0.5, 0.6) is 0 Å². The predicted octanol–water partition coefficient (Wildman–Crippen LogP) is 0.190. The van der Waals surface area contributed by atoms with Gasteiger partial charge in [-0.3, -0.25) is 10.1 Å². The van der Waals surface area contributed by atoms with Crippen molar-refractivity contribution in [2.75, 3.05) is 6.54 Å². The zero-order valence-electron chi connectivity index (χ0n) is 8.64. The van der Waals surface area contributed by atoms with Gasteiger partial charge in [0.15, 0.2) is 0 Å². The fraction of sp³-hybridized carbons (Fsp3) is 0.889. The quantitative estimate of drug-likeness (QED) is 0.547. The van der Waals surface area contributed by atoms with Gasteiger partial charge in [-0.25, -0.2) is 0 Å². The molecule has 0 aliphatic carbocycles. The van der Waals surface area contributed by atoms with Gasteiger partial charge >= 0.3 is 5.97 Å². The molecule has 0 aromatic carbocycles. The van der Waals surface area contributed by atoms with E-state index < -0.39 is 12.0 Å². The van der Waals surface area contributed by atoms with E-state index in [0.717, 1.165) is 6.54 Å². The van der Waals surface area contributed by atoms with Gasteiger partial charge in [0.2, 0.25) is 0 Å². The summed E-state index contributed by atoms with van der Waals surface area (Å²) in [5.41, 5.74) is -0.542. The molecule has 1 aliphatic heterocycles. The number of carbonyl (C=O) groups is 1. The largest absolute Gasteiger partial charge is 0.480 e. The van der Waals surface area contributed by atoms with Gasteiger partial charge in [0.05, 0.1) is 0 Å². The lowest BCUT2D eigenvalue weighted by Gasteiger charge is -2.45. The molecule has 0 amide bonds. The molecular formula is C9H18N2O2. The van der Waals surface area contributed by atoms with Gasteiger partial charge in [0.1, 0.15) is 6.04 Å². The number of carboxylic acids is 1. The Kier molecular flexibility index (Phi) is 2.38. The van der Waals surface area contributed by atoms with E-state index in [4.69, 9.17) is 5.11 Å². The zero-order valence-corrected chi connectivity index (χ0v) is 8.64. The normalized spacial score (nSPS) is 31.2. The van der Waals surface area contributed by atoms with Crippen LogP contribution < -0.4 is 10.6 Å². The average molecular weight is 186 g/mol. The van der Waals surface area contributed by atoms with Crippen LogP contribution in [-0.2, 0) is 4.79 Å². The van der Waals surface area contributed by atoms with E-state index >= 15 is 0 Å². The van der Waals surface area contributed by atoms with Gasteiger partial charge < -0.3 is 10.4 Å². The van der Waals surface area contributed by atoms with Crippen LogP contribution in [0.15, 0.2) is 0 Å². The number of aliphatic carboxylic acids is 1. The summed E-state index contributed by atoms with van der Waals surface area (Å²) >= 11 is 0. The fourth-order valence-electron chi connectivity index (χ4n) is 1.54. The van der Waals surface area contributed by atoms with Crippen LogP contribution in [0.4, 0.5) is 0 Å². The molecule has 1 aliphatic rings. The van der Waals surface area contributed by atoms with Crippen molar-refractivity contribution >= 4 is 5.97 Å². The number of carboxylic acid groups (broad SMARTS) is 1. The highest BCUT2D eigenvalue weighted by atomic mass is 16.4. The Labute approximate surface area is 78.7 Å². The molecular weight excluding hydrogens is 168 g/mol. The fourth-order valence-corrected chi connectivity index (χ4v) is 1.54. The van der Waals surface area contributed by atoms with E-state index in [0.29, 0.717) is 0 Å². The second kappa shape index (κ2) is 2.96. The first kappa shape index (κ1) is 10.5. The van der Waals surface area contributed by atoms with Crippen molar-refractivity contribution in [3.8, 4) is 0 Å². The minimum absolute atomic E-state index is 0.154. The van der Waals surface area contributed by atoms with Crippen molar-refractivity contribution in [2.24, 2.45) is 0 Å². The van der Waals surface area contributed by atoms with Crippen molar-refractivity contribution in [3.63, 3.8) is 0 Å². The third kappa shape index (κ3) is 2.19. The summed E-state index contributed by atoms with van der Waals surface area (Å²) in [4.78, 5) is 11.0. The van der Waals surface area contributed by atoms with E-state index in [1.54, 1.807) is 0 Å². The molecule has 0 radical (unpaired) electrons. The Morgan fingerprint density at radius 2 is 1.92 bits per heavy atom. The Hall–Kier alpha value is -0.610. The van der Waals surface area contributed by atoms with Crippen molar-refractivity contribution < 1.29 is 9.90 Å². The number of nitrogens with one attached hydrogen (secondary N) is 2. The van der Waals surface area contributed by atoms with E-state index in [9.17, 15) is 4.79 Å². The summed E-state index contributed by atoms with van der Waals surface area (Å²) in [6.07, 6.45) is 0. The summed E-state index contributed by atoms with van der Waals surface area (Å²) < 4.78 is 0. The Balaban J connectivity index is 2.82. The van der Waals surface area contributed by atoms with E-state index in [2.05, 4.69) is 10.6 Å². The molecule has 1 fully saturated rings. The second-order valence-corrected chi connectivity index (χ2v) is 4.87. The molecule has 1 atom stereocenters. The molecule has 1 heterocycles. The molecule has 4 nitrogen and oxygen atoms in total. The molecule has 0 saturated carbocycles. The predicted molar refractivity (Wildman–Crippen MR) is 50.7 cm³/mol. The highest BCUT2D eigenvalue weighted by Gasteiger charge is 2.42. The standard InChI is InChI=1S/C9H18N2O2/c1-8(2)5-10-9(3,4)6(11-8)7(12)13/h6,10-11H,5H2,1-4H3,(H,12,13). The SMILES string of the molecule is CC1(C)CNC(C)(C)C(C(=O)O)N1. The van der Waals surface area contributed by atoms with Crippen LogP contribution in [0.25, 0.3) is 0 Å². The summed E-state index contributed by atoms with van der Waals surface area (Å²) in [6.45, 7) is 8.56. The van der Waals surface area contributed by atoms with Crippen LogP contribution in [0.2, 0.25) is 0 Å². The summed E-state index contributed by atoms with van der Waals surface area (Å²) in [5, 5.41) is 15.4. The lowest BCUT2D eigenvalue weighted by Crippen LogP contribution is -2.72. The first-order chi connectivity index (χ1) is 5.75. The molecule has 13 heavy (non-hydrogen) atoms. The lowest BCUT2D eigenvalue weighted by molar-refractivity contribution is -0.143. The summed E-state index contributed by atoms with van der Waals surface area (Å²) in [5.74, 6) is -0.801. The van der Waals surface area contributed by atoms with Crippen LogP contribution in [0.3, 0.4) is 0 Å². The third-order valence-corrected chi connectivity index (χ3v) is 2.49. The topological polar surface area (TPSA) is 61.4 Å². The molecule has 1 saturated heterocycles. The van der Waals surface area contributed by atoms with Gasteiger partial charge in [0.25, 0.3) is 0 Å². The molecule has 1 unspecified atom stereocenters. The van der Waals surface area contributed by atoms with E-state index in [1.165, 1.54) is 0 Å². The number of hydrogen-bond donors (Lipinski definition) is 3. The van der Waals surface area contributed by atoms with Crippen molar-refractivity contribution in [1.82, 2.24) is 10.6 Å². The monoisotopic (exact) mass is 186 g/mol. The molecule has 1 rings (SSSR count). The van der Waals surface area contributed by atoms with E-state index in [1.807, 2.05) is 27.7 Å². The Morgan fingerprint density at radius 3 is 2.31 bits per heavy atom. The minimum atomic E-state index is -0.801. The zero-order chi connectivity index (χ0) is 10.3. The Bertz CT molecular complexity index is 224. The molecule has 0 aromatic rings. The first-order valence-electron chi connectivity index (χ1n) is 4.50. The minimum Gasteiger partial charge on any atom is -0.480 e. The maximum Gasteiger partial charge on any atom is 0.322 e. The van der Waals surface area contributed by atoms with Gasteiger partial charge in [-0.2, -0.15) is 0 Å². The van der Waals surface area contributed by atoms with Gasteiger partial charge in [-0.15, -0.1) is 0 Å². The number of piperazine rings is 1. The van der Waals surface area contributed by atoms with Crippen molar-refractivity contribution in [1.29, 1.82) is 0 Å². The summed E-state index contributed by atoms with van der Waals surface area (Å²) in [7, 11) is 0. The Morgan fingerprint density at radius 1 is 1.38 bits per heavy atom. The lowest BCUT2D eigenvalue weighted by atomic mass is 9.86. The van der Waals surface area contributed by atoms with Gasteiger partial charge in [-0.05, 0) is 27.7 Å². The molecule has 0 aromatic heterocycles. The summed E-state index contributed by atoms with van der Waals surface area (Å²) in [6, 6.07) is -0.531. The smallest absolute Gasteiger partial charge is 0.322 e. The number of hydrogen-bond acceptors (Lipinski definition) is 3. The molecule has 76 valence electrons. The maximum atomic E-state index is 11.0. The van der Waals surface area contributed by atoms with E-state index in [-0.39, 0.29) is 11.1 Å². The van der Waals surface area contributed by atoms with Crippen LogP contribution in [-0.4, -0.2) is 34.7 Å². The van der Waals surface area contributed by atoms with Crippen LogP contribution in [0, 0.1) is 0 Å². The number of rotatable bonds is 1. The molecule has 0 bridgehead atoms. The maximum absolute atomic E-state index is 11.0. The van der Waals surface area contributed by atoms with Gasteiger partial charge in [0, 0.05) is 17.6 Å². The van der Waals surface area contributed by atoms with Crippen molar-refractivity contribution in [2.45, 2.75) is 44.8 Å². The van der Waals surface area contributed by atoms with Gasteiger partial charge in [-0.1, -0.05) is 0 Å². The molecule has 0 spiro atoms. The highest BCUT2D eigenvalue weighted by Crippen LogP contribution is 2.19. The van der Waals surface area contributed by atoms with Crippen molar-refractivity contribution in [3.05, 3.63) is 0 Å². The average Bonchev–Trinajstić information content (AvgIpc) is 1.95. The molecule has 3 N–H and O–H groups in total. The van der Waals surface area contributed by atoms with Crippen LogP contribution >= 0.6 is 0 Å². The van der Waals surface area contributed by atoms with Crippen LogP contribution in [0.1, 0.15) is 27.7 Å². The highest BCUT2D eigenvalue weighted by molar-refractivity contribution is 5.75. The second-order valence-electron chi connectivity index (χ2n) is 4.87. The first-order valence-corrected chi connectivity index (χ1v) is 4.50.